The molecule has 2 aromatic carbocycles. The maximum absolute atomic E-state index is 13.2. The van der Waals surface area contributed by atoms with Crippen LogP contribution in [0, 0.1) is 12.7 Å². The molecule has 0 radical (unpaired) electrons. The number of fused-ring (bicyclic) bond motifs is 1. The van der Waals surface area contributed by atoms with Gasteiger partial charge in [-0.3, -0.25) is 0 Å². The number of aryl methyl sites for hydroxylation is 1. The second kappa shape index (κ2) is 5.64. The van der Waals surface area contributed by atoms with Crippen LogP contribution >= 0.6 is 0 Å². The van der Waals surface area contributed by atoms with Gasteiger partial charge in [-0.25, -0.2) is 9.18 Å². The van der Waals surface area contributed by atoms with Gasteiger partial charge in [0.25, 0.3) is 0 Å². The van der Waals surface area contributed by atoms with Gasteiger partial charge < -0.3 is 9.72 Å². The molecule has 112 valence electrons. The van der Waals surface area contributed by atoms with Gasteiger partial charge in [-0.05, 0) is 37.1 Å². The topological polar surface area (TPSA) is 42.1 Å². The molecule has 0 aliphatic carbocycles. The molecule has 1 aromatic heterocycles. The van der Waals surface area contributed by atoms with Crippen molar-refractivity contribution in [3.63, 3.8) is 0 Å². The Hall–Kier alpha value is -2.62. The van der Waals surface area contributed by atoms with Crippen molar-refractivity contribution in [2.45, 2.75) is 13.8 Å². The predicted molar refractivity (Wildman–Crippen MR) is 84.4 cm³/mol. The van der Waals surface area contributed by atoms with Gasteiger partial charge in [0.2, 0.25) is 0 Å². The number of rotatable bonds is 3. The molecule has 22 heavy (non-hydrogen) atoms. The number of benzene rings is 2. The Kier molecular flexibility index (Phi) is 3.67. The molecule has 3 aromatic rings. The molecule has 0 aliphatic rings. The van der Waals surface area contributed by atoms with Crippen molar-refractivity contribution in [1.29, 1.82) is 0 Å². The summed E-state index contributed by atoms with van der Waals surface area (Å²) in [5.74, 6) is -0.713. The quantitative estimate of drug-likeness (QED) is 0.725. The second-order valence-electron chi connectivity index (χ2n) is 5.10. The van der Waals surface area contributed by atoms with Gasteiger partial charge in [-0.15, -0.1) is 0 Å². The van der Waals surface area contributed by atoms with Crippen LogP contribution in [0.1, 0.15) is 23.0 Å². The van der Waals surface area contributed by atoms with E-state index in [1.165, 1.54) is 12.1 Å². The number of ether oxygens (including phenoxy) is 1. The van der Waals surface area contributed by atoms with E-state index in [1.807, 2.05) is 25.1 Å². The molecule has 0 bridgehead atoms. The van der Waals surface area contributed by atoms with Crippen molar-refractivity contribution in [2.75, 3.05) is 6.61 Å². The van der Waals surface area contributed by atoms with E-state index in [4.69, 9.17) is 4.74 Å². The van der Waals surface area contributed by atoms with Crippen LogP contribution in [0.3, 0.4) is 0 Å². The summed E-state index contributed by atoms with van der Waals surface area (Å²) in [5, 5.41) is 0.926. The van der Waals surface area contributed by atoms with Crippen molar-refractivity contribution >= 4 is 16.9 Å². The fraction of sp³-hybridized carbons (Fsp3) is 0.167. The molecule has 0 spiro atoms. The minimum absolute atomic E-state index is 0.302. The third kappa shape index (κ3) is 2.37. The van der Waals surface area contributed by atoms with E-state index in [-0.39, 0.29) is 5.82 Å². The lowest BCUT2D eigenvalue weighted by Crippen LogP contribution is -2.06. The molecular weight excluding hydrogens is 281 g/mol. The first kappa shape index (κ1) is 14.3. The molecule has 0 unspecified atom stereocenters. The van der Waals surface area contributed by atoms with Gasteiger partial charge in [-0.2, -0.15) is 0 Å². The number of H-pyrrole nitrogens is 1. The highest BCUT2D eigenvalue weighted by atomic mass is 19.1. The average molecular weight is 297 g/mol. The van der Waals surface area contributed by atoms with E-state index in [1.54, 1.807) is 19.1 Å². The Balaban J connectivity index is 2.29. The number of halogens is 1. The zero-order valence-electron chi connectivity index (χ0n) is 12.4. The van der Waals surface area contributed by atoms with Gasteiger partial charge in [-0.1, -0.05) is 30.3 Å². The number of aromatic amines is 1. The first-order valence-corrected chi connectivity index (χ1v) is 7.16. The summed E-state index contributed by atoms with van der Waals surface area (Å²) in [6, 6.07) is 12.0. The normalized spacial score (nSPS) is 10.9. The minimum atomic E-state index is -0.405. The Morgan fingerprint density at radius 3 is 2.59 bits per heavy atom. The summed E-state index contributed by atoms with van der Waals surface area (Å²) in [7, 11) is 0. The number of esters is 1. The molecule has 0 aliphatic heterocycles. The monoisotopic (exact) mass is 297 g/mol. The van der Waals surface area contributed by atoms with Crippen molar-refractivity contribution in [3.05, 3.63) is 59.5 Å². The van der Waals surface area contributed by atoms with E-state index in [0.717, 1.165) is 27.6 Å². The highest BCUT2D eigenvalue weighted by molar-refractivity contribution is 6.08. The van der Waals surface area contributed by atoms with Gasteiger partial charge in [0.1, 0.15) is 11.5 Å². The summed E-state index contributed by atoms with van der Waals surface area (Å²) in [6.07, 6.45) is 0. The fourth-order valence-electron chi connectivity index (χ4n) is 2.64. The molecular formula is C18H16FNO2. The number of hydrogen-bond acceptors (Lipinski definition) is 2. The standard InChI is InChI=1S/C18H16FNO2/c1-3-22-18(21)17-15(12-7-9-13(19)10-8-12)14-6-4-5-11(2)16(14)20-17/h4-10,20H,3H2,1-2H3. The second-order valence-corrected chi connectivity index (χ2v) is 5.10. The molecule has 0 fully saturated rings. The van der Waals surface area contributed by atoms with Crippen LogP contribution in [0.25, 0.3) is 22.0 Å². The third-order valence-electron chi connectivity index (χ3n) is 3.65. The van der Waals surface area contributed by atoms with Gasteiger partial charge in [0.15, 0.2) is 0 Å². The highest BCUT2D eigenvalue weighted by Gasteiger charge is 2.20. The largest absolute Gasteiger partial charge is 0.461 e. The maximum atomic E-state index is 13.2. The lowest BCUT2D eigenvalue weighted by Gasteiger charge is -2.05. The number of hydrogen-bond donors (Lipinski definition) is 1. The Labute approximate surface area is 127 Å². The Morgan fingerprint density at radius 2 is 1.91 bits per heavy atom. The number of carbonyl (C=O) groups is 1. The van der Waals surface area contributed by atoms with E-state index in [0.29, 0.717) is 12.3 Å². The SMILES string of the molecule is CCOC(=O)c1[nH]c2c(C)cccc2c1-c1ccc(F)cc1. The summed E-state index contributed by atoms with van der Waals surface area (Å²) >= 11 is 0. The van der Waals surface area contributed by atoms with Crippen molar-refractivity contribution in [3.8, 4) is 11.1 Å². The molecule has 0 saturated carbocycles. The minimum Gasteiger partial charge on any atom is -0.461 e. The van der Waals surface area contributed by atoms with Crippen LogP contribution in [0.4, 0.5) is 4.39 Å². The molecule has 4 heteroatoms. The molecule has 1 N–H and O–H groups in total. The Bertz CT molecular complexity index is 834. The number of carbonyl (C=O) groups excluding carboxylic acids is 1. The number of para-hydroxylation sites is 1. The number of aromatic nitrogens is 1. The lowest BCUT2D eigenvalue weighted by atomic mass is 10.0. The first-order chi connectivity index (χ1) is 10.6. The molecule has 0 amide bonds. The zero-order chi connectivity index (χ0) is 15.7. The molecule has 3 rings (SSSR count). The van der Waals surface area contributed by atoms with Crippen LogP contribution in [-0.2, 0) is 4.74 Å². The summed E-state index contributed by atoms with van der Waals surface area (Å²) in [4.78, 5) is 15.4. The first-order valence-electron chi connectivity index (χ1n) is 7.16. The van der Waals surface area contributed by atoms with Crippen molar-refractivity contribution in [1.82, 2.24) is 4.98 Å². The Morgan fingerprint density at radius 1 is 1.18 bits per heavy atom. The van der Waals surface area contributed by atoms with Crippen molar-refractivity contribution in [2.24, 2.45) is 0 Å². The molecule has 0 saturated heterocycles. The molecule has 1 heterocycles. The maximum Gasteiger partial charge on any atom is 0.355 e. The van der Waals surface area contributed by atoms with Crippen LogP contribution in [0.5, 0.6) is 0 Å². The van der Waals surface area contributed by atoms with E-state index < -0.39 is 5.97 Å². The summed E-state index contributed by atoms with van der Waals surface area (Å²) in [6.45, 7) is 4.04. The summed E-state index contributed by atoms with van der Waals surface area (Å²) < 4.78 is 18.3. The van der Waals surface area contributed by atoms with Crippen LogP contribution < -0.4 is 0 Å². The van der Waals surface area contributed by atoms with Gasteiger partial charge in [0.05, 0.1) is 6.61 Å². The summed E-state index contributed by atoms with van der Waals surface area (Å²) in [5.41, 5.74) is 3.86. The average Bonchev–Trinajstić information content (AvgIpc) is 2.89. The smallest absolute Gasteiger partial charge is 0.355 e. The van der Waals surface area contributed by atoms with E-state index in [2.05, 4.69) is 4.98 Å². The fourth-order valence-corrected chi connectivity index (χ4v) is 2.64. The molecule has 3 nitrogen and oxygen atoms in total. The zero-order valence-corrected chi connectivity index (χ0v) is 12.4. The third-order valence-corrected chi connectivity index (χ3v) is 3.65. The van der Waals surface area contributed by atoms with Gasteiger partial charge in [0, 0.05) is 16.5 Å². The van der Waals surface area contributed by atoms with E-state index in [9.17, 15) is 9.18 Å². The predicted octanol–water partition coefficient (Wildman–Crippen LogP) is 4.46. The van der Waals surface area contributed by atoms with Gasteiger partial charge >= 0.3 is 5.97 Å². The van der Waals surface area contributed by atoms with Crippen molar-refractivity contribution < 1.29 is 13.9 Å². The molecule has 0 atom stereocenters. The number of nitrogens with one attached hydrogen (secondary N) is 1. The van der Waals surface area contributed by atoms with Crippen LogP contribution in [-0.4, -0.2) is 17.6 Å². The highest BCUT2D eigenvalue weighted by Crippen LogP contribution is 2.34. The van der Waals surface area contributed by atoms with E-state index >= 15 is 0 Å². The van der Waals surface area contributed by atoms with Crippen LogP contribution in [0.2, 0.25) is 0 Å². The lowest BCUT2D eigenvalue weighted by molar-refractivity contribution is 0.0521. The van der Waals surface area contributed by atoms with Crippen LogP contribution in [0.15, 0.2) is 42.5 Å².